The maximum absolute atomic E-state index is 12.7. The van der Waals surface area contributed by atoms with E-state index in [1.807, 2.05) is 0 Å². The molecule has 13 heavy (non-hydrogen) atoms. The molecule has 0 unspecified atom stereocenters. The fourth-order valence-corrected chi connectivity index (χ4v) is 0.782. The molecular weight excluding hydrogens is 182 g/mol. The third kappa shape index (κ3) is 6.19. The molecule has 5 heteroatoms. The van der Waals surface area contributed by atoms with Gasteiger partial charge in [0.25, 0.3) is 0 Å². The monoisotopic (exact) mass is 194 g/mol. The smallest absolute Gasteiger partial charge is 0.305 e. The van der Waals surface area contributed by atoms with Gasteiger partial charge in [-0.2, -0.15) is 0 Å². The molecule has 0 radical (unpaired) electrons. The van der Waals surface area contributed by atoms with E-state index in [1.54, 1.807) is 0 Å². The minimum absolute atomic E-state index is 0.186. The SMILES string of the molecule is COC(=O)CCC(F)(F)CCC=O. The van der Waals surface area contributed by atoms with Gasteiger partial charge in [-0.05, 0) is 0 Å². The van der Waals surface area contributed by atoms with E-state index in [9.17, 15) is 18.4 Å². The Kier molecular flexibility index (Phi) is 5.18. The molecule has 0 rings (SSSR count). The Morgan fingerprint density at radius 3 is 2.54 bits per heavy atom. The maximum atomic E-state index is 12.7. The first-order valence-electron chi connectivity index (χ1n) is 3.90. The zero-order valence-corrected chi connectivity index (χ0v) is 7.39. The van der Waals surface area contributed by atoms with Crippen molar-refractivity contribution in [2.75, 3.05) is 7.11 Å². The van der Waals surface area contributed by atoms with E-state index in [2.05, 4.69) is 4.74 Å². The summed E-state index contributed by atoms with van der Waals surface area (Å²) in [6.07, 6.45) is -1.14. The molecule has 0 bridgehead atoms. The summed E-state index contributed by atoms with van der Waals surface area (Å²) in [6.45, 7) is 0. The van der Waals surface area contributed by atoms with Crippen molar-refractivity contribution in [2.45, 2.75) is 31.6 Å². The number of aldehydes is 1. The number of ether oxygens (including phenoxy) is 1. The van der Waals surface area contributed by atoms with Gasteiger partial charge in [0.05, 0.1) is 13.5 Å². The van der Waals surface area contributed by atoms with Gasteiger partial charge in [-0.1, -0.05) is 0 Å². The van der Waals surface area contributed by atoms with Crippen molar-refractivity contribution in [3.8, 4) is 0 Å². The lowest BCUT2D eigenvalue weighted by atomic mass is 10.1. The van der Waals surface area contributed by atoms with E-state index >= 15 is 0 Å². The number of carbonyl (C=O) groups excluding carboxylic acids is 2. The van der Waals surface area contributed by atoms with Gasteiger partial charge < -0.3 is 9.53 Å². The van der Waals surface area contributed by atoms with Gasteiger partial charge in [-0.3, -0.25) is 4.79 Å². The van der Waals surface area contributed by atoms with Crippen LogP contribution in [0, 0.1) is 0 Å². The third-order valence-electron chi connectivity index (χ3n) is 1.55. The van der Waals surface area contributed by atoms with Crippen molar-refractivity contribution in [3.63, 3.8) is 0 Å². The minimum atomic E-state index is -2.95. The molecule has 3 nitrogen and oxygen atoms in total. The van der Waals surface area contributed by atoms with Crippen LogP contribution in [0.2, 0.25) is 0 Å². The third-order valence-corrected chi connectivity index (χ3v) is 1.55. The molecule has 0 spiro atoms. The van der Waals surface area contributed by atoms with Gasteiger partial charge >= 0.3 is 5.97 Å². The number of halogens is 2. The van der Waals surface area contributed by atoms with E-state index < -0.39 is 24.7 Å². The fourth-order valence-electron chi connectivity index (χ4n) is 0.782. The number of rotatable bonds is 6. The Labute approximate surface area is 75.1 Å². The topological polar surface area (TPSA) is 43.4 Å². The molecule has 0 atom stereocenters. The Morgan fingerprint density at radius 1 is 1.46 bits per heavy atom. The highest BCUT2D eigenvalue weighted by Gasteiger charge is 2.28. The summed E-state index contributed by atoms with van der Waals surface area (Å²) in [5.41, 5.74) is 0. The summed E-state index contributed by atoms with van der Waals surface area (Å²) in [5, 5.41) is 0. The average Bonchev–Trinajstić information content (AvgIpc) is 2.11. The van der Waals surface area contributed by atoms with Crippen molar-refractivity contribution < 1.29 is 23.1 Å². The Morgan fingerprint density at radius 2 is 2.08 bits per heavy atom. The van der Waals surface area contributed by atoms with E-state index in [0.717, 1.165) is 7.11 Å². The van der Waals surface area contributed by atoms with Crippen molar-refractivity contribution >= 4 is 12.3 Å². The van der Waals surface area contributed by atoms with E-state index in [-0.39, 0.29) is 12.8 Å². The summed E-state index contributed by atoms with van der Waals surface area (Å²) in [5.74, 6) is -3.61. The summed E-state index contributed by atoms with van der Waals surface area (Å²) < 4.78 is 29.7. The molecule has 0 saturated heterocycles. The van der Waals surface area contributed by atoms with Crippen LogP contribution in [0.3, 0.4) is 0 Å². The van der Waals surface area contributed by atoms with Crippen molar-refractivity contribution in [1.29, 1.82) is 0 Å². The van der Waals surface area contributed by atoms with Crippen LogP contribution in [0.4, 0.5) is 8.78 Å². The molecule has 0 amide bonds. The van der Waals surface area contributed by atoms with Crippen LogP contribution in [-0.2, 0) is 14.3 Å². The predicted octanol–water partition coefficient (Wildman–Crippen LogP) is 1.55. The zero-order chi connectivity index (χ0) is 10.3. The van der Waals surface area contributed by atoms with Crippen molar-refractivity contribution in [1.82, 2.24) is 0 Å². The molecule has 0 aromatic rings. The van der Waals surface area contributed by atoms with Crippen LogP contribution >= 0.6 is 0 Å². The second-order valence-electron chi connectivity index (χ2n) is 2.64. The molecule has 0 aromatic carbocycles. The lowest BCUT2D eigenvalue weighted by Crippen LogP contribution is -2.18. The molecule has 0 heterocycles. The van der Waals surface area contributed by atoms with Crippen LogP contribution < -0.4 is 0 Å². The van der Waals surface area contributed by atoms with Gasteiger partial charge in [0.1, 0.15) is 6.29 Å². The molecule has 0 aliphatic carbocycles. The zero-order valence-electron chi connectivity index (χ0n) is 7.39. The minimum Gasteiger partial charge on any atom is -0.469 e. The fraction of sp³-hybridized carbons (Fsp3) is 0.750. The second kappa shape index (κ2) is 5.61. The first-order chi connectivity index (χ1) is 6.02. The molecule has 0 N–H and O–H groups in total. The van der Waals surface area contributed by atoms with Crippen molar-refractivity contribution in [2.24, 2.45) is 0 Å². The largest absolute Gasteiger partial charge is 0.469 e. The van der Waals surface area contributed by atoms with E-state index in [1.165, 1.54) is 0 Å². The number of hydrogen-bond acceptors (Lipinski definition) is 3. The first-order valence-corrected chi connectivity index (χ1v) is 3.90. The average molecular weight is 194 g/mol. The van der Waals surface area contributed by atoms with Crippen LogP contribution in [-0.4, -0.2) is 25.3 Å². The van der Waals surface area contributed by atoms with Crippen LogP contribution in [0.15, 0.2) is 0 Å². The van der Waals surface area contributed by atoms with Gasteiger partial charge in [0.2, 0.25) is 5.92 Å². The number of hydrogen-bond donors (Lipinski definition) is 0. The van der Waals surface area contributed by atoms with Crippen LogP contribution in [0.5, 0.6) is 0 Å². The molecule has 0 aliphatic heterocycles. The van der Waals surface area contributed by atoms with E-state index in [0.29, 0.717) is 6.29 Å². The molecule has 0 aliphatic rings. The Bertz CT molecular complexity index is 180. The highest BCUT2D eigenvalue weighted by molar-refractivity contribution is 5.69. The molecule has 0 saturated carbocycles. The second-order valence-corrected chi connectivity index (χ2v) is 2.64. The van der Waals surface area contributed by atoms with Crippen LogP contribution in [0.25, 0.3) is 0 Å². The molecule has 0 fully saturated rings. The lowest BCUT2D eigenvalue weighted by molar-refractivity contribution is -0.142. The van der Waals surface area contributed by atoms with Gasteiger partial charge in [0, 0.05) is 19.3 Å². The van der Waals surface area contributed by atoms with Crippen LogP contribution in [0.1, 0.15) is 25.7 Å². The molecule has 0 aromatic heterocycles. The lowest BCUT2D eigenvalue weighted by Gasteiger charge is -2.13. The maximum Gasteiger partial charge on any atom is 0.305 e. The Balaban J connectivity index is 3.73. The summed E-state index contributed by atoms with van der Waals surface area (Å²) in [7, 11) is 1.14. The van der Waals surface area contributed by atoms with E-state index in [4.69, 9.17) is 0 Å². The summed E-state index contributed by atoms with van der Waals surface area (Å²) in [6, 6.07) is 0. The number of carbonyl (C=O) groups is 2. The van der Waals surface area contributed by atoms with Gasteiger partial charge in [0.15, 0.2) is 0 Å². The highest BCUT2D eigenvalue weighted by atomic mass is 19.3. The molecular formula is C8H12F2O3. The predicted molar refractivity (Wildman–Crippen MR) is 41.5 cm³/mol. The van der Waals surface area contributed by atoms with Crippen molar-refractivity contribution in [3.05, 3.63) is 0 Å². The van der Waals surface area contributed by atoms with Gasteiger partial charge in [-0.15, -0.1) is 0 Å². The molecule has 76 valence electrons. The quantitative estimate of drug-likeness (QED) is 0.476. The number of alkyl halides is 2. The number of methoxy groups -OCH3 is 1. The summed E-state index contributed by atoms with van der Waals surface area (Å²) >= 11 is 0. The Hall–Kier alpha value is -1.00. The normalized spacial score (nSPS) is 11.0. The standard InChI is InChI=1S/C8H12F2O3/c1-13-7(12)3-5-8(9,10)4-2-6-11/h6H,2-5H2,1H3. The first kappa shape index (κ1) is 12.0. The van der Waals surface area contributed by atoms with Gasteiger partial charge in [-0.25, -0.2) is 8.78 Å². The highest BCUT2D eigenvalue weighted by Crippen LogP contribution is 2.25. The number of esters is 1. The summed E-state index contributed by atoms with van der Waals surface area (Å²) in [4.78, 5) is 20.3.